The first-order valence-electron chi connectivity index (χ1n) is 5.26. The Bertz CT molecular complexity index is 441. The molecule has 4 heteroatoms. The molecule has 0 fully saturated rings. The van der Waals surface area contributed by atoms with E-state index in [1.807, 2.05) is 32.0 Å². The first kappa shape index (κ1) is 11.0. The van der Waals surface area contributed by atoms with E-state index in [0.717, 1.165) is 16.9 Å². The zero-order chi connectivity index (χ0) is 11.9. The van der Waals surface area contributed by atoms with Crippen molar-refractivity contribution in [3.63, 3.8) is 0 Å². The van der Waals surface area contributed by atoms with Crippen molar-refractivity contribution >= 4 is 17.3 Å². The number of fused-ring (bicyclic) bond motifs is 1. The summed E-state index contributed by atoms with van der Waals surface area (Å²) in [5, 5.41) is 12.5. The van der Waals surface area contributed by atoms with Gasteiger partial charge in [-0.15, -0.1) is 0 Å². The van der Waals surface area contributed by atoms with Crippen molar-refractivity contribution in [1.82, 2.24) is 0 Å². The first-order valence-corrected chi connectivity index (χ1v) is 5.26. The Labute approximate surface area is 94.9 Å². The number of aliphatic hydroxyl groups excluding tert-OH is 1. The maximum Gasteiger partial charge on any atom is 0.251 e. The van der Waals surface area contributed by atoms with Crippen LogP contribution < -0.4 is 10.2 Å². The van der Waals surface area contributed by atoms with E-state index in [-0.39, 0.29) is 12.5 Å². The second-order valence-electron chi connectivity index (χ2n) is 4.59. The Hall–Kier alpha value is -1.55. The van der Waals surface area contributed by atoms with Gasteiger partial charge in [-0.05, 0) is 19.9 Å². The normalized spacial score (nSPS) is 18.0. The lowest BCUT2D eigenvalue weighted by Gasteiger charge is -2.39. The second kappa shape index (κ2) is 3.49. The molecule has 86 valence electrons. The molecule has 1 amide bonds. The highest BCUT2D eigenvalue weighted by atomic mass is 16.3. The monoisotopic (exact) mass is 220 g/mol. The van der Waals surface area contributed by atoms with E-state index in [2.05, 4.69) is 5.32 Å². The summed E-state index contributed by atoms with van der Waals surface area (Å²) < 4.78 is 0. The predicted octanol–water partition coefficient (Wildman–Crippen LogP) is 1.35. The largest absolute Gasteiger partial charge is 0.392 e. The van der Waals surface area contributed by atoms with Crippen LogP contribution in [0.2, 0.25) is 0 Å². The molecule has 0 atom stereocenters. The number of carbonyl (C=O) groups excluding carboxylic acids is 1. The fraction of sp³-hybridized carbons (Fsp3) is 0.417. The first-order chi connectivity index (χ1) is 7.47. The van der Waals surface area contributed by atoms with Gasteiger partial charge in [-0.3, -0.25) is 4.79 Å². The highest BCUT2D eigenvalue weighted by Gasteiger charge is 2.37. The van der Waals surface area contributed by atoms with Gasteiger partial charge in [0.15, 0.2) is 0 Å². The van der Waals surface area contributed by atoms with Gasteiger partial charge in [-0.1, -0.05) is 12.1 Å². The number of hydrogen-bond donors (Lipinski definition) is 2. The molecule has 0 aliphatic carbocycles. The molecule has 0 saturated carbocycles. The molecule has 1 heterocycles. The minimum absolute atomic E-state index is 0.000833. The summed E-state index contributed by atoms with van der Waals surface area (Å²) in [6.45, 7) is 3.63. The molecule has 0 radical (unpaired) electrons. The van der Waals surface area contributed by atoms with Gasteiger partial charge in [0.25, 0.3) is 5.91 Å². The highest BCUT2D eigenvalue weighted by molar-refractivity contribution is 6.07. The molecular weight excluding hydrogens is 204 g/mol. The fourth-order valence-corrected chi connectivity index (χ4v) is 2.13. The van der Waals surface area contributed by atoms with E-state index >= 15 is 0 Å². The Morgan fingerprint density at radius 1 is 1.44 bits per heavy atom. The standard InChI is InChI=1S/C12H16N2O2/c1-12(2)11(16)14(3)10-8(7-15)5-4-6-9(10)13-12/h4-6,13,15H,7H2,1-3H3. The van der Waals surface area contributed by atoms with Crippen LogP contribution in [0.3, 0.4) is 0 Å². The third-order valence-corrected chi connectivity index (χ3v) is 2.91. The Balaban J connectivity index is 2.59. The zero-order valence-electron chi connectivity index (χ0n) is 9.74. The Kier molecular flexibility index (Phi) is 2.39. The van der Waals surface area contributed by atoms with Crippen LogP contribution in [-0.4, -0.2) is 23.6 Å². The van der Waals surface area contributed by atoms with Crippen LogP contribution in [0.1, 0.15) is 19.4 Å². The van der Waals surface area contributed by atoms with Gasteiger partial charge in [-0.2, -0.15) is 0 Å². The van der Waals surface area contributed by atoms with Crippen LogP contribution in [0.15, 0.2) is 18.2 Å². The summed E-state index contributed by atoms with van der Waals surface area (Å²) in [4.78, 5) is 13.7. The van der Waals surface area contributed by atoms with Gasteiger partial charge in [0.2, 0.25) is 0 Å². The molecular formula is C12H16N2O2. The number of hydrogen-bond acceptors (Lipinski definition) is 3. The van der Waals surface area contributed by atoms with E-state index in [0.29, 0.717) is 0 Å². The molecule has 2 N–H and O–H groups in total. The average Bonchev–Trinajstić information content (AvgIpc) is 2.24. The molecule has 0 saturated heterocycles. The van der Waals surface area contributed by atoms with Crippen LogP contribution >= 0.6 is 0 Å². The average molecular weight is 220 g/mol. The summed E-state index contributed by atoms with van der Waals surface area (Å²) in [7, 11) is 1.74. The number of benzene rings is 1. The van der Waals surface area contributed by atoms with Crippen molar-refractivity contribution in [2.45, 2.75) is 26.0 Å². The highest BCUT2D eigenvalue weighted by Crippen LogP contribution is 2.36. The topological polar surface area (TPSA) is 52.6 Å². The van der Waals surface area contributed by atoms with E-state index in [1.54, 1.807) is 11.9 Å². The van der Waals surface area contributed by atoms with Crippen molar-refractivity contribution in [2.75, 3.05) is 17.3 Å². The Morgan fingerprint density at radius 2 is 2.12 bits per heavy atom. The number of nitrogens with one attached hydrogen (secondary N) is 1. The lowest BCUT2D eigenvalue weighted by Crippen LogP contribution is -2.52. The van der Waals surface area contributed by atoms with Gasteiger partial charge < -0.3 is 15.3 Å². The van der Waals surface area contributed by atoms with Crippen LogP contribution in [0, 0.1) is 0 Å². The summed E-state index contributed by atoms with van der Waals surface area (Å²) in [5.74, 6) is 0.000833. The summed E-state index contributed by atoms with van der Waals surface area (Å²) in [6, 6.07) is 5.61. The molecule has 2 rings (SSSR count). The van der Waals surface area contributed by atoms with E-state index in [9.17, 15) is 9.90 Å². The van der Waals surface area contributed by atoms with Gasteiger partial charge in [0.1, 0.15) is 5.54 Å². The number of carbonyl (C=O) groups is 1. The Morgan fingerprint density at radius 3 is 2.75 bits per heavy atom. The quantitative estimate of drug-likeness (QED) is 0.751. The minimum Gasteiger partial charge on any atom is -0.392 e. The van der Waals surface area contributed by atoms with Crippen molar-refractivity contribution < 1.29 is 9.90 Å². The molecule has 1 aromatic carbocycles. The molecule has 4 nitrogen and oxygen atoms in total. The van der Waals surface area contributed by atoms with Crippen LogP contribution in [0.5, 0.6) is 0 Å². The van der Waals surface area contributed by atoms with Crippen molar-refractivity contribution in [1.29, 1.82) is 0 Å². The maximum atomic E-state index is 12.1. The molecule has 0 aromatic heterocycles. The number of anilines is 2. The molecule has 1 aliphatic heterocycles. The molecule has 1 aliphatic rings. The van der Waals surface area contributed by atoms with E-state index in [4.69, 9.17) is 0 Å². The third kappa shape index (κ3) is 1.46. The number of aliphatic hydroxyl groups is 1. The number of para-hydroxylation sites is 1. The van der Waals surface area contributed by atoms with Crippen LogP contribution in [0.25, 0.3) is 0 Å². The lowest BCUT2D eigenvalue weighted by atomic mass is 9.97. The van der Waals surface area contributed by atoms with Gasteiger partial charge in [0.05, 0.1) is 18.0 Å². The molecule has 0 spiro atoms. The number of amides is 1. The van der Waals surface area contributed by atoms with Gasteiger partial charge >= 0.3 is 0 Å². The summed E-state index contributed by atoms with van der Waals surface area (Å²) in [6.07, 6.45) is 0. The molecule has 16 heavy (non-hydrogen) atoms. The van der Waals surface area contributed by atoms with Crippen LogP contribution in [0.4, 0.5) is 11.4 Å². The van der Waals surface area contributed by atoms with Crippen molar-refractivity contribution in [3.8, 4) is 0 Å². The SMILES string of the molecule is CN1C(=O)C(C)(C)Nc2cccc(CO)c21. The van der Waals surface area contributed by atoms with Gasteiger partial charge in [-0.25, -0.2) is 0 Å². The molecule has 1 aromatic rings. The van der Waals surface area contributed by atoms with Crippen molar-refractivity contribution in [2.24, 2.45) is 0 Å². The maximum absolute atomic E-state index is 12.1. The zero-order valence-corrected chi connectivity index (χ0v) is 9.74. The minimum atomic E-state index is -0.601. The fourth-order valence-electron chi connectivity index (χ4n) is 2.13. The number of likely N-dealkylation sites (N-methyl/N-ethyl adjacent to an activating group) is 1. The van der Waals surface area contributed by atoms with Crippen molar-refractivity contribution in [3.05, 3.63) is 23.8 Å². The summed E-state index contributed by atoms with van der Waals surface area (Å²) in [5.41, 5.74) is 1.82. The van der Waals surface area contributed by atoms with Gasteiger partial charge in [0, 0.05) is 12.6 Å². The van der Waals surface area contributed by atoms with Crippen LogP contribution in [-0.2, 0) is 11.4 Å². The molecule has 0 unspecified atom stereocenters. The summed E-state index contributed by atoms with van der Waals surface area (Å²) >= 11 is 0. The van der Waals surface area contributed by atoms with E-state index in [1.165, 1.54) is 0 Å². The second-order valence-corrected chi connectivity index (χ2v) is 4.59. The predicted molar refractivity (Wildman–Crippen MR) is 63.5 cm³/mol. The third-order valence-electron chi connectivity index (χ3n) is 2.91. The lowest BCUT2D eigenvalue weighted by molar-refractivity contribution is -0.121. The number of rotatable bonds is 1. The molecule has 0 bridgehead atoms. The number of nitrogens with zero attached hydrogens (tertiary/aromatic N) is 1. The smallest absolute Gasteiger partial charge is 0.251 e. The van der Waals surface area contributed by atoms with E-state index < -0.39 is 5.54 Å².